The highest BCUT2D eigenvalue weighted by molar-refractivity contribution is 6.18. The van der Waals surface area contributed by atoms with Gasteiger partial charge in [0.25, 0.3) is 5.91 Å². The molecule has 1 aromatic carbocycles. The third-order valence-electron chi connectivity index (χ3n) is 3.19. The van der Waals surface area contributed by atoms with Crippen molar-refractivity contribution in [1.29, 1.82) is 0 Å². The van der Waals surface area contributed by atoms with Gasteiger partial charge in [-0.2, -0.15) is 10.2 Å². The molecule has 0 bridgehead atoms. The molecule has 0 aliphatic rings. The van der Waals surface area contributed by atoms with E-state index in [0.29, 0.717) is 30.2 Å². The second-order valence-corrected chi connectivity index (χ2v) is 5.26. The summed E-state index contributed by atoms with van der Waals surface area (Å²) in [5, 5.41) is 7.98. The van der Waals surface area contributed by atoms with Crippen LogP contribution in [0.3, 0.4) is 0 Å². The standard InChI is InChI=1S/C16H18ClN3O/c1-12-10-15(13(2)19-18-12)16(21)20(9-8-17)11-14-6-4-3-5-7-14/h3-7,10H,8-9,11H2,1-2H3. The number of hydrogen-bond acceptors (Lipinski definition) is 3. The quantitative estimate of drug-likeness (QED) is 0.798. The number of carbonyl (C=O) groups excluding carboxylic acids is 1. The number of carbonyl (C=O) groups is 1. The Labute approximate surface area is 129 Å². The molecule has 0 spiro atoms. The van der Waals surface area contributed by atoms with Crippen molar-refractivity contribution in [3.05, 3.63) is 58.9 Å². The van der Waals surface area contributed by atoms with E-state index in [-0.39, 0.29) is 5.91 Å². The van der Waals surface area contributed by atoms with Crippen molar-refractivity contribution in [2.24, 2.45) is 0 Å². The molecule has 2 rings (SSSR count). The van der Waals surface area contributed by atoms with Crippen LogP contribution in [0, 0.1) is 13.8 Å². The van der Waals surface area contributed by atoms with Gasteiger partial charge in [-0.3, -0.25) is 4.79 Å². The average Bonchev–Trinajstić information content (AvgIpc) is 2.49. The summed E-state index contributed by atoms with van der Waals surface area (Å²) in [5.74, 6) is 0.338. The molecular formula is C16H18ClN3O. The first kappa shape index (κ1) is 15.4. The summed E-state index contributed by atoms with van der Waals surface area (Å²) in [6.07, 6.45) is 0. The lowest BCUT2D eigenvalue weighted by molar-refractivity contribution is 0.0752. The van der Waals surface area contributed by atoms with Gasteiger partial charge in [0.05, 0.1) is 17.0 Å². The maximum atomic E-state index is 12.7. The summed E-state index contributed by atoms with van der Waals surface area (Å²) in [6.45, 7) is 4.65. The van der Waals surface area contributed by atoms with E-state index in [0.717, 1.165) is 11.3 Å². The van der Waals surface area contributed by atoms with Crippen molar-refractivity contribution in [2.75, 3.05) is 12.4 Å². The van der Waals surface area contributed by atoms with Gasteiger partial charge in [0.15, 0.2) is 0 Å². The first-order valence-corrected chi connectivity index (χ1v) is 7.35. The number of amides is 1. The fraction of sp³-hybridized carbons (Fsp3) is 0.312. The molecule has 0 saturated carbocycles. The number of alkyl halides is 1. The average molecular weight is 304 g/mol. The van der Waals surface area contributed by atoms with Crippen LogP contribution >= 0.6 is 11.6 Å². The largest absolute Gasteiger partial charge is 0.333 e. The zero-order valence-corrected chi connectivity index (χ0v) is 13.0. The first-order chi connectivity index (χ1) is 10.1. The molecule has 110 valence electrons. The molecule has 0 radical (unpaired) electrons. The number of aromatic nitrogens is 2. The van der Waals surface area contributed by atoms with Gasteiger partial charge in [0.2, 0.25) is 0 Å². The van der Waals surface area contributed by atoms with Crippen molar-refractivity contribution in [3.8, 4) is 0 Å². The molecule has 1 amide bonds. The summed E-state index contributed by atoms with van der Waals surface area (Å²) in [4.78, 5) is 14.5. The number of hydrogen-bond donors (Lipinski definition) is 0. The van der Waals surface area contributed by atoms with Crippen LogP contribution in [0.2, 0.25) is 0 Å². The van der Waals surface area contributed by atoms with E-state index >= 15 is 0 Å². The van der Waals surface area contributed by atoms with Gasteiger partial charge in [-0.05, 0) is 25.5 Å². The summed E-state index contributed by atoms with van der Waals surface area (Å²) < 4.78 is 0. The number of rotatable bonds is 5. The summed E-state index contributed by atoms with van der Waals surface area (Å²) in [5.41, 5.74) is 3.03. The molecule has 2 aromatic rings. The lowest BCUT2D eigenvalue weighted by atomic mass is 10.1. The van der Waals surface area contributed by atoms with Crippen LogP contribution in [0.1, 0.15) is 27.3 Å². The van der Waals surface area contributed by atoms with E-state index in [4.69, 9.17) is 11.6 Å². The summed E-state index contributed by atoms with van der Waals surface area (Å²) in [6, 6.07) is 11.6. The highest BCUT2D eigenvalue weighted by Crippen LogP contribution is 2.13. The zero-order chi connectivity index (χ0) is 15.2. The minimum absolute atomic E-state index is 0.0602. The minimum Gasteiger partial charge on any atom is -0.333 e. The van der Waals surface area contributed by atoms with Gasteiger partial charge in [-0.25, -0.2) is 0 Å². The number of aryl methyl sites for hydroxylation is 2. The molecule has 1 aromatic heterocycles. The molecule has 5 heteroatoms. The van der Waals surface area contributed by atoms with Crippen LogP contribution in [0.15, 0.2) is 36.4 Å². The normalized spacial score (nSPS) is 10.4. The molecule has 0 aliphatic heterocycles. The topological polar surface area (TPSA) is 46.1 Å². The van der Waals surface area contributed by atoms with Crippen LogP contribution in [0.4, 0.5) is 0 Å². The molecule has 0 N–H and O–H groups in total. The van der Waals surface area contributed by atoms with E-state index in [2.05, 4.69) is 10.2 Å². The molecule has 0 atom stereocenters. The van der Waals surface area contributed by atoms with E-state index in [1.54, 1.807) is 17.9 Å². The van der Waals surface area contributed by atoms with Crippen LogP contribution in [0.25, 0.3) is 0 Å². The van der Waals surface area contributed by atoms with Crippen LogP contribution < -0.4 is 0 Å². The molecule has 4 nitrogen and oxygen atoms in total. The maximum Gasteiger partial charge on any atom is 0.256 e. The summed E-state index contributed by atoms with van der Waals surface area (Å²) in [7, 11) is 0. The monoisotopic (exact) mass is 303 g/mol. The van der Waals surface area contributed by atoms with Crippen LogP contribution in [-0.2, 0) is 6.54 Å². The van der Waals surface area contributed by atoms with E-state index in [9.17, 15) is 4.79 Å². The maximum absolute atomic E-state index is 12.7. The van der Waals surface area contributed by atoms with E-state index < -0.39 is 0 Å². The fourth-order valence-electron chi connectivity index (χ4n) is 2.10. The van der Waals surface area contributed by atoms with Gasteiger partial charge in [0.1, 0.15) is 0 Å². The molecule has 0 unspecified atom stereocenters. The molecular weight excluding hydrogens is 286 g/mol. The Bertz CT molecular complexity index is 616. The minimum atomic E-state index is -0.0602. The highest BCUT2D eigenvalue weighted by atomic mass is 35.5. The second kappa shape index (κ2) is 7.18. The predicted octanol–water partition coefficient (Wildman–Crippen LogP) is 2.97. The Balaban J connectivity index is 2.25. The summed E-state index contributed by atoms with van der Waals surface area (Å²) >= 11 is 5.84. The number of nitrogens with zero attached hydrogens (tertiary/aromatic N) is 3. The first-order valence-electron chi connectivity index (χ1n) is 6.82. The Hall–Kier alpha value is -1.94. The molecule has 1 heterocycles. The smallest absolute Gasteiger partial charge is 0.256 e. The Morgan fingerprint density at radius 3 is 2.57 bits per heavy atom. The van der Waals surface area contributed by atoms with Gasteiger partial charge >= 0.3 is 0 Å². The lowest BCUT2D eigenvalue weighted by Crippen LogP contribution is -2.33. The third kappa shape index (κ3) is 4.02. The second-order valence-electron chi connectivity index (χ2n) is 4.89. The lowest BCUT2D eigenvalue weighted by Gasteiger charge is -2.22. The third-order valence-corrected chi connectivity index (χ3v) is 3.36. The predicted molar refractivity (Wildman–Crippen MR) is 83.4 cm³/mol. The molecule has 0 fully saturated rings. The highest BCUT2D eigenvalue weighted by Gasteiger charge is 2.18. The van der Waals surface area contributed by atoms with Gasteiger partial charge in [0, 0.05) is 19.0 Å². The van der Waals surface area contributed by atoms with Crippen molar-refractivity contribution in [1.82, 2.24) is 15.1 Å². The van der Waals surface area contributed by atoms with Crippen molar-refractivity contribution in [2.45, 2.75) is 20.4 Å². The van der Waals surface area contributed by atoms with Crippen LogP contribution in [-0.4, -0.2) is 33.4 Å². The molecule has 21 heavy (non-hydrogen) atoms. The van der Waals surface area contributed by atoms with Gasteiger partial charge in [-0.1, -0.05) is 30.3 Å². The number of halogens is 1. The number of benzene rings is 1. The molecule has 0 aliphatic carbocycles. The Morgan fingerprint density at radius 2 is 1.90 bits per heavy atom. The zero-order valence-electron chi connectivity index (χ0n) is 12.2. The van der Waals surface area contributed by atoms with Crippen LogP contribution in [0.5, 0.6) is 0 Å². The van der Waals surface area contributed by atoms with Crippen molar-refractivity contribution in [3.63, 3.8) is 0 Å². The van der Waals surface area contributed by atoms with E-state index in [1.807, 2.05) is 37.3 Å². The Morgan fingerprint density at radius 1 is 1.19 bits per heavy atom. The Kier molecular flexibility index (Phi) is 5.28. The van der Waals surface area contributed by atoms with Crippen molar-refractivity contribution < 1.29 is 4.79 Å². The van der Waals surface area contributed by atoms with Gasteiger partial charge < -0.3 is 4.90 Å². The fourth-order valence-corrected chi connectivity index (χ4v) is 2.30. The van der Waals surface area contributed by atoms with Crippen molar-refractivity contribution >= 4 is 17.5 Å². The SMILES string of the molecule is Cc1cc(C(=O)N(CCCl)Cc2ccccc2)c(C)nn1. The van der Waals surface area contributed by atoms with Gasteiger partial charge in [-0.15, -0.1) is 11.6 Å². The van der Waals surface area contributed by atoms with E-state index in [1.165, 1.54) is 0 Å². The molecule has 0 saturated heterocycles.